The highest BCUT2D eigenvalue weighted by molar-refractivity contribution is 6.29. The predicted octanol–water partition coefficient (Wildman–Crippen LogP) is 3.63. The highest BCUT2D eigenvalue weighted by Crippen LogP contribution is 2.33. The molecule has 1 aliphatic rings. The summed E-state index contributed by atoms with van der Waals surface area (Å²) >= 11 is 5.97. The normalized spacial score (nSPS) is 19.5. The minimum absolute atomic E-state index is 0.0261. The van der Waals surface area contributed by atoms with Gasteiger partial charge in [0.25, 0.3) is 0 Å². The Balaban J connectivity index is 1.91. The molecule has 2 unspecified atom stereocenters. The van der Waals surface area contributed by atoms with Crippen molar-refractivity contribution in [2.24, 2.45) is 0 Å². The van der Waals surface area contributed by atoms with Crippen LogP contribution in [-0.2, 0) is 4.79 Å². The van der Waals surface area contributed by atoms with Gasteiger partial charge in [-0.15, -0.1) is 0 Å². The molecule has 0 bridgehead atoms. The molecule has 1 N–H and O–H groups in total. The molecule has 1 fully saturated rings. The summed E-state index contributed by atoms with van der Waals surface area (Å²) in [6.07, 6.45) is -4.68. The lowest BCUT2D eigenvalue weighted by Crippen LogP contribution is -2.54. The Morgan fingerprint density at radius 3 is 2.63 bits per heavy atom. The Bertz CT molecular complexity index is 921. The molecule has 0 aliphatic carbocycles. The number of anilines is 1. The molecule has 11 heteroatoms. The van der Waals surface area contributed by atoms with Gasteiger partial charge in [-0.25, -0.2) is 14.4 Å². The number of benzene rings is 1. The third-order valence-corrected chi connectivity index (χ3v) is 5.10. The van der Waals surface area contributed by atoms with Gasteiger partial charge in [0, 0.05) is 25.1 Å². The Morgan fingerprint density at radius 2 is 2.03 bits per heavy atom. The van der Waals surface area contributed by atoms with Crippen LogP contribution in [0.15, 0.2) is 24.3 Å². The summed E-state index contributed by atoms with van der Waals surface area (Å²) in [5, 5.41) is 2.25. The van der Waals surface area contributed by atoms with Gasteiger partial charge in [-0.2, -0.15) is 13.2 Å². The number of nitrogens with zero attached hydrogens (tertiary/aromatic N) is 3. The molecule has 0 radical (unpaired) electrons. The number of amides is 1. The molecule has 0 saturated carbocycles. The minimum Gasteiger partial charge on any atom is -0.494 e. The molecule has 1 saturated heterocycles. The maximum absolute atomic E-state index is 14.2. The van der Waals surface area contributed by atoms with E-state index in [1.165, 1.54) is 25.3 Å². The molecule has 3 rings (SSSR count). The summed E-state index contributed by atoms with van der Waals surface area (Å²) in [5.41, 5.74) is 0.470. The van der Waals surface area contributed by atoms with Crippen molar-refractivity contribution in [2.45, 2.75) is 31.5 Å². The molecule has 1 amide bonds. The van der Waals surface area contributed by atoms with Crippen molar-refractivity contribution < 1.29 is 27.1 Å². The molecule has 162 valence electrons. The fourth-order valence-electron chi connectivity index (χ4n) is 3.55. The van der Waals surface area contributed by atoms with Gasteiger partial charge < -0.3 is 15.0 Å². The standard InChI is InChI=1S/C19H19ClF4N4O2/c1-10-25-16(20)8-17(26-10)28-6-5-12(11-3-4-15(30-2)13(21)7-11)14(9-28)27-18(29)19(22,23)24/h3-4,7-8,12,14H,5-6,9H2,1-2H3,(H,27,29). The van der Waals surface area contributed by atoms with Crippen molar-refractivity contribution in [3.05, 3.63) is 46.6 Å². The summed E-state index contributed by atoms with van der Waals surface area (Å²) < 4.78 is 57.7. The van der Waals surface area contributed by atoms with E-state index in [-0.39, 0.29) is 17.4 Å². The molecule has 1 aromatic carbocycles. The van der Waals surface area contributed by atoms with Gasteiger partial charge in [0.15, 0.2) is 11.6 Å². The Hall–Kier alpha value is -2.62. The van der Waals surface area contributed by atoms with E-state index in [1.54, 1.807) is 17.9 Å². The number of rotatable bonds is 4. The molecule has 2 heterocycles. The monoisotopic (exact) mass is 446 g/mol. The topological polar surface area (TPSA) is 67.3 Å². The number of carbonyl (C=O) groups is 1. The van der Waals surface area contributed by atoms with E-state index >= 15 is 0 Å². The maximum atomic E-state index is 14.2. The molecule has 2 atom stereocenters. The largest absolute Gasteiger partial charge is 0.494 e. The number of hydrogen-bond donors (Lipinski definition) is 1. The van der Waals surface area contributed by atoms with E-state index in [1.807, 2.05) is 5.32 Å². The maximum Gasteiger partial charge on any atom is 0.471 e. The number of hydrogen-bond acceptors (Lipinski definition) is 5. The van der Waals surface area contributed by atoms with Crippen molar-refractivity contribution in [2.75, 3.05) is 25.1 Å². The number of piperidine rings is 1. The van der Waals surface area contributed by atoms with Crippen LogP contribution in [0.25, 0.3) is 0 Å². The molecule has 30 heavy (non-hydrogen) atoms. The lowest BCUT2D eigenvalue weighted by molar-refractivity contribution is -0.174. The second-order valence-corrected chi connectivity index (χ2v) is 7.30. The second kappa shape index (κ2) is 8.63. The fraction of sp³-hybridized carbons (Fsp3) is 0.421. The number of alkyl halides is 3. The van der Waals surface area contributed by atoms with Gasteiger partial charge in [-0.05, 0) is 31.0 Å². The lowest BCUT2D eigenvalue weighted by Gasteiger charge is -2.40. The zero-order valence-corrected chi connectivity index (χ0v) is 16.9. The van der Waals surface area contributed by atoms with Crippen molar-refractivity contribution in [3.8, 4) is 5.75 Å². The first-order valence-corrected chi connectivity index (χ1v) is 9.43. The van der Waals surface area contributed by atoms with Crippen LogP contribution in [0.1, 0.15) is 23.7 Å². The van der Waals surface area contributed by atoms with Gasteiger partial charge in [0.2, 0.25) is 0 Å². The summed E-state index contributed by atoms with van der Waals surface area (Å²) in [4.78, 5) is 21.6. The number of carbonyl (C=O) groups excluding carboxylic acids is 1. The zero-order chi connectivity index (χ0) is 22.1. The van der Waals surface area contributed by atoms with Gasteiger partial charge >= 0.3 is 12.1 Å². The summed E-state index contributed by atoms with van der Waals surface area (Å²) in [5.74, 6) is -2.34. The van der Waals surface area contributed by atoms with Crippen molar-refractivity contribution in [1.29, 1.82) is 0 Å². The quantitative estimate of drug-likeness (QED) is 0.574. The van der Waals surface area contributed by atoms with Crippen LogP contribution in [-0.4, -0.2) is 48.3 Å². The first-order valence-electron chi connectivity index (χ1n) is 9.05. The highest BCUT2D eigenvalue weighted by Gasteiger charge is 2.42. The number of nitrogens with one attached hydrogen (secondary N) is 1. The average molecular weight is 447 g/mol. The zero-order valence-electron chi connectivity index (χ0n) is 16.1. The van der Waals surface area contributed by atoms with E-state index in [0.717, 1.165) is 0 Å². The molecular formula is C19H19ClF4N4O2. The van der Waals surface area contributed by atoms with Crippen molar-refractivity contribution in [3.63, 3.8) is 0 Å². The van der Waals surface area contributed by atoms with E-state index in [4.69, 9.17) is 16.3 Å². The van der Waals surface area contributed by atoms with E-state index in [0.29, 0.717) is 30.2 Å². The molecule has 2 aromatic rings. The summed E-state index contributed by atoms with van der Waals surface area (Å²) in [7, 11) is 1.32. The summed E-state index contributed by atoms with van der Waals surface area (Å²) in [6, 6.07) is 4.78. The molecule has 1 aromatic heterocycles. The van der Waals surface area contributed by atoms with Gasteiger partial charge in [0.05, 0.1) is 13.2 Å². The highest BCUT2D eigenvalue weighted by atomic mass is 35.5. The molecule has 6 nitrogen and oxygen atoms in total. The minimum atomic E-state index is -5.03. The van der Waals surface area contributed by atoms with Gasteiger partial charge in [0.1, 0.15) is 16.8 Å². The number of halogens is 5. The van der Waals surface area contributed by atoms with Crippen LogP contribution in [0.3, 0.4) is 0 Å². The first-order chi connectivity index (χ1) is 14.1. The van der Waals surface area contributed by atoms with Crippen LogP contribution >= 0.6 is 11.6 Å². The second-order valence-electron chi connectivity index (χ2n) is 6.91. The van der Waals surface area contributed by atoms with E-state index in [2.05, 4.69) is 9.97 Å². The Labute approximate surface area is 175 Å². The third-order valence-electron chi connectivity index (χ3n) is 4.91. The van der Waals surface area contributed by atoms with Gasteiger partial charge in [-0.1, -0.05) is 17.7 Å². The van der Waals surface area contributed by atoms with Gasteiger partial charge in [-0.3, -0.25) is 4.79 Å². The molecule has 0 spiro atoms. The average Bonchev–Trinajstić information content (AvgIpc) is 2.66. The smallest absolute Gasteiger partial charge is 0.471 e. The first kappa shape index (κ1) is 22.1. The van der Waals surface area contributed by atoms with Crippen LogP contribution in [0.5, 0.6) is 5.75 Å². The van der Waals surface area contributed by atoms with E-state index < -0.39 is 29.9 Å². The number of aryl methyl sites for hydroxylation is 1. The van der Waals surface area contributed by atoms with Crippen LogP contribution in [0.4, 0.5) is 23.4 Å². The molecule has 1 aliphatic heterocycles. The number of ether oxygens (including phenoxy) is 1. The number of methoxy groups -OCH3 is 1. The Morgan fingerprint density at radius 1 is 1.30 bits per heavy atom. The summed E-state index contributed by atoms with van der Waals surface area (Å²) in [6.45, 7) is 2.10. The van der Waals surface area contributed by atoms with Crippen LogP contribution < -0.4 is 15.0 Å². The third kappa shape index (κ3) is 4.92. The fourth-order valence-corrected chi connectivity index (χ4v) is 3.77. The lowest BCUT2D eigenvalue weighted by atomic mass is 9.85. The SMILES string of the molecule is COc1ccc(C2CCN(c3cc(Cl)nc(C)n3)CC2NC(=O)C(F)(F)F)cc1F. The van der Waals surface area contributed by atoms with Crippen molar-refractivity contribution in [1.82, 2.24) is 15.3 Å². The molecular weight excluding hydrogens is 428 g/mol. The van der Waals surface area contributed by atoms with Crippen LogP contribution in [0, 0.1) is 12.7 Å². The van der Waals surface area contributed by atoms with Crippen molar-refractivity contribution >= 4 is 23.3 Å². The Kier molecular flexibility index (Phi) is 6.35. The number of aromatic nitrogens is 2. The van der Waals surface area contributed by atoms with Crippen LogP contribution in [0.2, 0.25) is 5.15 Å². The van der Waals surface area contributed by atoms with E-state index in [9.17, 15) is 22.4 Å². The predicted molar refractivity (Wildman–Crippen MR) is 102 cm³/mol.